The van der Waals surface area contributed by atoms with Gasteiger partial charge >= 0.3 is 0 Å². The Labute approximate surface area is 128 Å². The first-order valence-electron chi connectivity index (χ1n) is 6.16. The van der Waals surface area contributed by atoms with Crippen molar-refractivity contribution in [2.75, 3.05) is 11.3 Å². The second-order valence-corrected chi connectivity index (χ2v) is 6.26. The smallest absolute Gasteiger partial charge is 0.263 e. The van der Waals surface area contributed by atoms with Crippen molar-refractivity contribution in [2.24, 2.45) is 0 Å². The maximum absolute atomic E-state index is 12.3. The van der Waals surface area contributed by atoms with Crippen LogP contribution in [0.3, 0.4) is 0 Å². The first-order chi connectivity index (χ1) is 9.92. The van der Waals surface area contributed by atoms with E-state index in [4.69, 9.17) is 16.3 Å². The van der Waals surface area contributed by atoms with Crippen LogP contribution in [0.4, 0.5) is 5.82 Å². The highest BCUT2D eigenvalue weighted by Gasteiger charge is 2.16. The van der Waals surface area contributed by atoms with E-state index in [9.17, 15) is 8.42 Å². The minimum absolute atomic E-state index is 0.113. The van der Waals surface area contributed by atoms with Gasteiger partial charge in [-0.2, -0.15) is 0 Å². The fraction of sp³-hybridized carbons (Fsp3) is 0.231. The molecule has 0 saturated carbocycles. The van der Waals surface area contributed by atoms with Crippen molar-refractivity contribution in [3.63, 3.8) is 0 Å². The lowest BCUT2D eigenvalue weighted by Crippen LogP contribution is -2.14. The van der Waals surface area contributed by atoms with Gasteiger partial charge < -0.3 is 4.74 Å². The Bertz CT molecular complexity index is 750. The number of benzene rings is 1. The molecule has 1 heterocycles. The number of halogens is 1. The topological polar surface area (TPSA) is 81.2 Å². The summed E-state index contributed by atoms with van der Waals surface area (Å²) in [6, 6.07) is 5.97. The van der Waals surface area contributed by atoms with Crippen LogP contribution in [0, 0.1) is 6.92 Å². The molecule has 0 aliphatic carbocycles. The van der Waals surface area contributed by atoms with E-state index < -0.39 is 10.0 Å². The van der Waals surface area contributed by atoms with Crippen LogP contribution in [0.5, 0.6) is 5.75 Å². The third-order valence-corrected chi connectivity index (χ3v) is 4.19. The van der Waals surface area contributed by atoms with Crippen LogP contribution in [-0.4, -0.2) is 25.0 Å². The summed E-state index contributed by atoms with van der Waals surface area (Å²) in [7, 11) is -3.74. The summed E-state index contributed by atoms with van der Waals surface area (Å²) in [4.78, 5) is 7.62. The Balaban J connectivity index is 2.29. The van der Waals surface area contributed by atoms with Crippen molar-refractivity contribution in [3.8, 4) is 5.75 Å². The van der Waals surface area contributed by atoms with Crippen molar-refractivity contribution < 1.29 is 13.2 Å². The molecule has 1 aromatic heterocycles. The molecule has 0 aliphatic heterocycles. The van der Waals surface area contributed by atoms with E-state index in [-0.39, 0.29) is 15.9 Å². The van der Waals surface area contributed by atoms with Crippen LogP contribution in [0.2, 0.25) is 5.15 Å². The SMILES string of the molecule is CCOc1ccc(S(=O)(=O)Nc2cc(Cl)ncn2)cc1C. The van der Waals surface area contributed by atoms with E-state index >= 15 is 0 Å². The van der Waals surface area contributed by atoms with Gasteiger partial charge in [0.25, 0.3) is 10.0 Å². The van der Waals surface area contributed by atoms with Crippen LogP contribution in [0.25, 0.3) is 0 Å². The zero-order valence-electron chi connectivity index (χ0n) is 11.5. The Morgan fingerprint density at radius 1 is 1.29 bits per heavy atom. The van der Waals surface area contributed by atoms with Gasteiger partial charge in [-0.15, -0.1) is 0 Å². The molecule has 1 N–H and O–H groups in total. The number of ether oxygens (including phenoxy) is 1. The van der Waals surface area contributed by atoms with Crippen LogP contribution in [-0.2, 0) is 10.0 Å². The number of aryl methyl sites for hydroxylation is 1. The summed E-state index contributed by atoms with van der Waals surface area (Å²) in [6.45, 7) is 4.17. The van der Waals surface area contributed by atoms with Crippen LogP contribution < -0.4 is 9.46 Å². The summed E-state index contributed by atoms with van der Waals surface area (Å²) < 4.78 is 32.3. The monoisotopic (exact) mass is 327 g/mol. The number of nitrogens with zero attached hydrogens (tertiary/aromatic N) is 2. The molecule has 0 amide bonds. The van der Waals surface area contributed by atoms with Crippen molar-refractivity contribution in [2.45, 2.75) is 18.7 Å². The molecular formula is C13H14ClN3O3S. The molecule has 0 saturated heterocycles. The lowest BCUT2D eigenvalue weighted by Gasteiger charge is -2.11. The minimum atomic E-state index is -3.74. The third-order valence-electron chi connectivity index (χ3n) is 2.63. The quantitative estimate of drug-likeness (QED) is 0.854. The van der Waals surface area contributed by atoms with Crippen molar-refractivity contribution >= 4 is 27.4 Å². The third kappa shape index (κ3) is 3.83. The van der Waals surface area contributed by atoms with Gasteiger partial charge in [-0.25, -0.2) is 18.4 Å². The molecule has 0 radical (unpaired) electrons. The molecule has 0 unspecified atom stereocenters. The molecule has 0 spiro atoms. The van der Waals surface area contributed by atoms with Gasteiger partial charge in [-0.3, -0.25) is 4.72 Å². The number of hydrogen-bond acceptors (Lipinski definition) is 5. The molecule has 6 nitrogen and oxygen atoms in total. The van der Waals surface area contributed by atoms with Crippen LogP contribution >= 0.6 is 11.6 Å². The Hall–Kier alpha value is -1.86. The van der Waals surface area contributed by atoms with Gasteiger partial charge in [0.1, 0.15) is 23.0 Å². The molecule has 0 atom stereocenters. The van der Waals surface area contributed by atoms with E-state index in [1.807, 2.05) is 6.92 Å². The highest BCUT2D eigenvalue weighted by molar-refractivity contribution is 7.92. The Morgan fingerprint density at radius 3 is 2.67 bits per heavy atom. The molecule has 112 valence electrons. The summed E-state index contributed by atoms with van der Waals surface area (Å²) in [6.07, 6.45) is 1.18. The van der Waals surface area contributed by atoms with E-state index in [1.165, 1.54) is 24.5 Å². The second kappa shape index (κ2) is 6.28. The average molecular weight is 328 g/mol. The summed E-state index contributed by atoms with van der Waals surface area (Å²) in [5, 5.41) is 0.158. The van der Waals surface area contributed by atoms with Crippen molar-refractivity contribution in [1.29, 1.82) is 0 Å². The van der Waals surface area contributed by atoms with Gasteiger partial charge in [-0.05, 0) is 37.6 Å². The van der Waals surface area contributed by atoms with Crippen molar-refractivity contribution in [3.05, 3.63) is 41.3 Å². The van der Waals surface area contributed by atoms with E-state index in [0.717, 1.165) is 5.56 Å². The largest absolute Gasteiger partial charge is 0.494 e. The van der Waals surface area contributed by atoms with E-state index in [1.54, 1.807) is 13.0 Å². The molecular weight excluding hydrogens is 314 g/mol. The Kier molecular flexibility index (Phi) is 4.64. The van der Waals surface area contributed by atoms with Gasteiger partial charge in [0.2, 0.25) is 0 Å². The molecule has 0 fully saturated rings. The van der Waals surface area contributed by atoms with Gasteiger partial charge in [0, 0.05) is 6.07 Å². The van der Waals surface area contributed by atoms with Crippen LogP contribution in [0.15, 0.2) is 35.5 Å². The first kappa shape index (κ1) is 15.5. The summed E-state index contributed by atoms with van der Waals surface area (Å²) in [5.41, 5.74) is 0.737. The highest BCUT2D eigenvalue weighted by atomic mass is 35.5. The molecule has 2 aromatic rings. The normalized spacial score (nSPS) is 11.2. The number of anilines is 1. The number of nitrogens with one attached hydrogen (secondary N) is 1. The summed E-state index contributed by atoms with van der Waals surface area (Å²) >= 11 is 5.70. The molecule has 2 rings (SSSR count). The van der Waals surface area contributed by atoms with E-state index in [0.29, 0.717) is 12.4 Å². The standard InChI is InChI=1S/C13H14ClN3O3S/c1-3-20-11-5-4-10(6-9(11)2)21(18,19)17-13-7-12(14)15-8-16-13/h4-8H,3H2,1-2H3,(H,15,16,17). The number of hydrogen-bond donors (Lipinski definition) is 1. The average Bonchev–Trinajstić information content (AvgIpc) is 2.40. The van der Waals surface area contributed by atoms with Crippen molar-refractivity contribution in [1.82, 2.24) is 9.97 Å². The lowest BCUT2D eigenvalue weighted by molar-refractivity contribution is 0.337. The zero-order chi connectivity index (χ0) is 15.5. The predicted molar refractivity (Wildman–Crippen MR) is 80.2 cm³/mol. The first-order valence-corrected chi connectivity index (χ1v) is 8.02. The summed E-state index contributed by atoms with van der Waals surface area (Å²) in [5.74, 6) is 0.767. The van der Waals surface area contributed by atoms with E-state index in [2.05, 4.69) is 14.7 Å². The molecule has 0 bridgehead atoms. The highest BCUT2D eigenvalue weighted by Crippen LogP contribution is 2.23. The minimum Gasteiger partial charge on any atom is -0.494 e. The predicted octanol–water partition coefficient (Wildman–Crippen LogP) is 2.64. The molecule has 21 heavy (non-hydrogen) atoms. The maximum Gasteiger partial charge on any atom is 0.263 e. The van der Waals surface area contributed by atoms with Crippen LogP contribution in [0.1, 0.15) is 12.5 Å². The number of rotatable bonds is 5. The van der Waals surface area contributed by atoms with Gasteiger partial charge in [0.05, 0.1) is 11.5 Å². The van der Waals surface area contributed by atoms with Gasteiger partial charge in [0.15, 0.2) is 0 Å². The second-order valence-electron chi connectivity index (χ2n) is 4.19. The molecule has 1 aromatic carbocycles. The lowest BCUT2D eigenvalue weighted by atomic mass is 10.2. The fourth-order valence-electron chi connectivity index (χ4n) is 1.69. The van der Waals surface area contributed by atoms with Gasteiger partial charge in [-0.1, -0.05) is 11.6 Å². The Morgan fingerprint density at radius 2 is 2.05 bits per heavy atom. The maximum atomic E-state index is 12.3. The zero-order valence-corrected chi connectivity index (χ0v) is 13.1. The number of sulfonamides is 1. The number of aromatic nitrogens is 2. The fourth-order valence-corrected chi connectivity index (χ4v) is 2.92. The molecule has 0 aliphatic rings. The molecule has 8 heteroatoms.